The van der Waals surface area contributed by atoms with Crippen molar-refractivity contribution in [3.05, 3.63) is 39.9 Å². The summed E-state index contributed by atoms with van der Waals surface area (Å²) in [5.74, 6) is -0.0289. The zero-order chi connectivity index (χ0) is 17.0. The number of aromatic nitrogens is 2. The van der Waals surface area contributed by atoms with Crippen LogP contribution in [0.1, 0.15) is 30.8 Å². The van der Waals surface area contributed by atoms with Crippen LogP contribution in [0.2, 0.25) is 5.02 Å². The molecule has 130 valence electrons. The Balaban J connectivity index is 1.48. The molecule has 0 spiro atoms. The zero-order valence-corrected chi connectivity index (χ0v) is 15.5. The molecule has 2 aromatic rings. The predicted molar refractivity (Wildman–Crippen MR) is 96.7 cm³/mol. The van der Waals surface area contributed by atoms with Crippen LogP contribution in [0, 0.1) is 5.92 Å². The van der Waals surface area contributed by atoms with Gasteiger partial charge in [0.2, 0.25) is 5.13 Å². The van der Waals surface area contributed by atoms with Crippen LogP contribution >= 0.6 is 22.9 Å². The van der Waals surface area contributed by atoms with E-state index in [9.17, 15) is 0 Å². The van der Waals surface area contributed by atoms with Crippen LogP contribution in [0.5, 0.6) is 0 Å². The van der Waals surface area contributed by atoms with E-state index in [-0.39, 0.29) is 0 Å². The number of hydrogen-bond acceptors (Lipinski definition) is 6. The third-order valence-corrected chi connectivity index (χ3v) is 5.09. The van der Waals surface area contributed by atoms with Gasteiger partial charge in [0.1, 0.15) is 5.01 Å². The summed E-state index contributed by atoms with van der Waals surface area (Å²) in [6.45, 7) is 6.37. The van der Waals surface area contributed by atoms with Crippen molar-refractivity contribution in [3.63, 3.8) is 0 Å². The maximum atomic E-state index is 5.91. The number of ether oxygens (including phenoxy) is 2. The predicted octanol–water partition coefficient (Wildman–Crippen LogP) is 3.98. The molecule has 7 heteroatoms. The summed E-state index contributed by atoms with van der Waals surface area (Å²) in [6.07, 6.45) is 1.63. The molecule has 1 unspecified atom stereocenters. The van der Waals surface area contributed by atoms with Gasteiger partial charge in [0.15, 0.2) is 5.79 Å². The van der Waals surface area contributed by atoms with Crippen molar-refractivity contribution in [1.82, 2.24) is 10.2 Å². The van der Waals surface area contributed by atoms with Crippen molar-refractivity contribution >= 4 is 28.1 Å². The lowest BCUT2D eigenvalue weighted by atomic mass is 10.0. The van der Waals surface area contributed by atoms with E-state index in [1.165, 1.54) is 5.56 Å². The number of halogens is 1. The van der Waals surface area contributed by atoms with Gasteiger partial charge < -0.3 is 14.8 Å². The number of benzene rings is 1. The number of rotatable bonds is 7. The van der Waals surface area contributed by atoms with Crippen molar-refractivity contribution in [2.75, 3.05) is 25.1 Å². The van der Waals surface area contributed by atoms with Crippen molar-refractivity contribution in [2.24, 2.45) is 5.92 Å². The van der Waals surface area contributed by atoms with Crippen molar-refractivity contribution in [1.29, 1.82) is 0 Å². The fraction of sp³-hybridized carbons (Fsp3) is 0.529. The number of hydrogen-bond donors (Lipinski definition) is 1. The molecule has 1 atom stereocenters. The van der Waals surface area contributed by atoms with Crippen LogP contribution in [0.4, 0.5) is 5.13 Å². The van der Waals surface area contributed by atoms with E-state index in [1.54, 1.807) is 11.3 Å². The van der Waals surface area contributed by atoms with Crippen molar-refractivity contribution in [2.45, 2.75) is 32.5 Å². The molecule has 1 aliphatic heterocycles. The van der Waals surface area contributed by atoms with Crippen LogP contribution in [0.3, 0.4) is 0 Å². The summed E-state index contributed by atoms with van der Waals surface area (Å²) in [4.78, 5) is 0. The minimum absolute atomic E-state index is 0.414. The highest BCUT2D eigenvalue weighted by atomic mass is 35.5. The zero-order valence-electron chi connectivity index (χ0n) is 13.9. The smallest absolute Gasteiger partial charge is 0.205 e. The van der Waals surface area contributed by atoms with E-state index in [1.807, 2.05) is 31.2 Å². The van der Waals surface area contributed by atoms with Crippen LogP contribution in [-0.2, 0) is 15.9 Å². The minimum atomic E-state index is -0.442. The first-order valence-corrected chi connectivity index (χ1v) is 9.30. The second-order valence-electron chi connectivity index (χ2n) is 6.33. The molecule has 1 N–H and O–H groups in total. The third-order valence-electron chi connectivity index (χ3n) is 3.95. The molecule has 24 heavy (non-hydrogen) atoms. The number of anilines is 1. The molecule has 3 rings (SSSR count). The fourth-order valence-electron chi connectivity index (χ4n) is 2.81. The van der Waals surface area contributed by atoms with Gasteiger partial charge in [-0.25, -0.2) is 0 Å². The average Bonchev–Trinajstić information content (AvgIpc) is 3.17. The van der Waals surface area contributed by atoms with Gasteiger partial charge in [0.25, 0.3) is 0 Å². The molecule has 0 bridgehead atoms. The van der Waals surface area contributed by atoms with Gasteiger partial charge in [0, 0.05) is 24.4 Å². The molecule has 0 amide bonds. The average molecular weight is 368 g/mol. The molecule has 2 heterocycles. The summed E-state index contributed by atoms with van der Waals surface area (Å²) < 4.78 is 11.3. The highest BCUT2D eigenvalue weighted by molar-refractivity contribution is 7.15. The van der Waals surface area contributed by atoms with Crippen molar-refractivity contribution < 1.29 is 9.47 Å². The molecule has 1 aromatic carbocycles. The Bertz CT molecular complexity index is 656. The molecule has 1 saturated heterocycles. The highest BCUT2D eigenvalue weighted by Gasteiger charge is 2.32. The van der Waals surface area contributed by atoms with Crippen LogP contribution in [0.25, 0.3) is 0 Å². The summed E-state index contributed by atoms with van der Waals surface area (Å²) in [5.41, 5.74) is 1.18. The first kappa shape index (κ1) is 17.6. The number of nitrogens with one attached hydrogen (secondary N) is 1. The molecule has 0 aliphatic carbocycles. The Morgan fingerprint density at radius 3 is 2.67 bits per heavy atom. The van der Waals surface area contributed by atoms with Crippen LogP contribution in [0.15, 0.2) is 24.3 Å². The van der Waals surface area contributed by atoms with Gasteiger partial charge in [-0.05, 0) is 30.5 Å². The second-order valence-corrected chi connectivity index (χ2v) is 7.82. The van der Waals surface area contributed by atoms with E-state index < -0.39 is 5.79 Å². The van der Waals surface area contributed by atoms with E-state index in [4.69, 9.17) is 21.1 Å². The fourth-order valence-corrected chi connectivity index (χ4v) is 3.72. The summed E-state index contributed by atoms with van der Waals surface area (Å²) in [6, 6.07) is 7.82. The SMILES string of the molecule is CC(CNc1nnc(Cc2ccc(Cl)cc2)s1)CC1(C)OCCO1. The Morgan fingerprint density at radius 1 is 1.25 bits per heavy atom. The first-order chi connectivity index (χ1) is 11.5. The Labute approximate surface area is 151 Å². The molecule has 1 aliphatic rings. The maximum absolute atomic E-state index is 5.91. The molecule has 1 fully saturated rings. The first-order valence-electron chi connectivity index (χ1n) is 8.11. The van der Waals surface area contributed by atoms with Crippen LogP contribution < -0.4 is 5.32 Å². The van der Waals surface area contributed by atoms with E-state index in [0.29, 0.717) is 19.1 Å². The topological polar surface area (TPSA) is 56.3 Å². The largest absolute Gasteiger partial charge is 0.360 e. The quantitative estimate of drug-likeness (QED) is 0.802. The van der Waals surface area contributed by atoms with Crippen molar-refractivity contribution in [3.8, 4) is 0 Å². The lowest BCUT2D eigenvalue weighted by molar-refractivity contribution is -0.153. The minimum Gasteiger partial charge on any atom is -0.360 e. The van der Waals surface area contributed by atoms with Gasteiger partial charge in [-0.3, -0.25) is 0 Å². The van der Waals surface area contributed by atoms with E-state index in [0.717, 1.165) is 34.5 Å². The monoisotopic (exact) mass is 367 g/mol. The Hall–Kier alpha value is -1.21. The summed E-state index contributed by atoms with van der Waals surface area (Å²) >= 11 is 7.49. The molecule has 0 saturated carbocycles. The number of nitrogens with zero attached hydrogens (tertiary/aromatic N) is 2. The highest BCUT2D eigenvalue weighted by Crippen LogP contribution is 2.27. The maximum Gasteiger partial charge on any atom is 0.205 e. The van der Waals surface area contributed by atoms with E-state index >= 15 is 0 Å². The third kappa shape index (κ3) is 4.89. The Kier molecular flexibility index (Phi) is 5.71. The van der Waals surface area contributed by atoms with E-state index in [2.05, 4.69) is 22.4 Å². The molecule has 5 nitrogen and oxygen atoms in total. The lowest BCUT2D eigenvalue weighted by Gasteiger charge is -2.25. The normalized spacial score (nSPS) is 17.8. The molecular formula is C17H22ClN3O2S. The van der Waals surface area contributed by atoms with Gasteiger partial charge in [-0.2, -0.15) is 0 Å². The standard InChI is InChI=1S/C17H22ClN3O2S/c1-12(10-17(2)22-7-8-23-17)11-19-16-21-20-15(24-16)9-13-3-5-14(18)6-4-13/h3-6,12H,7-11H2,1-2H3,(H,19,21). The Morgan fingerprint density at radius 2 is 1.96 bits per heavy atom. The van der Waals surface area contributed by atoms with Gasteiger partial charge in [-0.15, -0.1) is 10.2 Å². The van der Waals surface area contributed by atoms with Gasteiger partial charge in [-0.1, -0.05) is 42.0 Å². The van der Waals surface area contributed by atoms with Gasteiger partial charge in [0.05, 0.1) is 13.2 Å². The molecule has 1 aromatic heterocycles. The molecular weight excluding hydrogens is 346 g/mol. The summed E-state index contributed by atoms with van der Waals surface area (Å²) in [7, 11) is 0. The second kappa shape index (κ2) is 7.78. The summed E-state index contributed by atoms with van der Waals surface area (Å²) in [5, 5.41) is 14.4. The van der Waals surface area contributed by atoms with Gasteiger partial charge >= 0.3 is 0 Å². The lowest BCUT2D eigenvalue weighted by Crippen LogP contribution is -2.30. The van der Waals surface area contributed by atoms with Crippen LogP contribution in [-0.4, -0.2) is 35.7 Å². The molecule has 0 radical (unpaired) electrons.